The van der Waals surface area contributed by atoms with E-state index in [1.807, 2.05) is 11.0 Å². The largest absolute Gasteiger partial charge is 0.375 e. The molecule has 1 aliphatic heterocycles. The van der Waals surface area contributed by atoms with E-state index in [2.05, 4.69) is 29.2 Å². The van der Waals surface area contributed by atoms with E-state index >= 15 is 0 Å². The smallest absolute Gasteiger partial charge is 0.293 e. The van der Waals surface area contributed by atoms with E-state index < -0.39 is 0 Å². The van der Waals surface area contributed by atoms with Crippen LogP contribution in [0.2, 0.25) is 0 Å². The molecule has 1 aromatic heterocycles. The summed E-state index contributed by atoms with van der Waals surface area (Å²) in [7, 11) is 1.75. The van der Waals surface area contributed by atoms with E-state index in [1.54, 1.807) is 24.0 Å². The Labute approximate surface area is 130 Å². The average Bonchev–Trinajstić information content (AvgIpc) is 2.57. The van der Waals surface area contributed by atoms with Gasteiger partial charge in [-0.2, -0.15) is 0 Å². The van der Waals surface area contributed by atoms with Crippen LogP contribution >= 0.6 is 0 Å². The summed E-state index contributed by atoms with van der Waals surface area (Å²) >= 11 is 0. The number of aryl methyl sites for hydroxylation is 2. The molecule has 116 valence electrons. The molecule has 0 amide bonds. The fourth-order valence-electron chi connectivity index (χ4n) is 2.76. The third-order valence-corrected chi connectivity index (χ3v) is 4.03. The molecule has 2 aromatic rings. The van der Waals surface area contributed by atoms with Crippen molar-refractivity contribution in [2.45, 2.75) is 18.9 Å². The third kappa shape index (κ3) is 3.36. The Morgan fingerprint density at radius 2 is 2.14 bits per heavy atom. The number of hydrogen-bond donors (Lipinski definition) is 0. The predicted octanol–water partition coefficient (Wildman–Crippen LogP) is 1.62. The van der Waals surface area contributed by atoms with E-state index in [-0.39, 0.29) is 11.7 Å². The second-order valence-electron chi connectivity index (χ2n) is 5.63. The van der Waals surface area contributed by atoms with Gasteiger partial charge in [0.1, 0.15) is 0 Å². The van der Waals surface area contributed by atoms with Gasteiger partial charge < -0.3 is 14.2 Å². The molecule has 2 heterocycles. The van der Waals surface area contributed by atoms with Crippen molar-refractivity contribution in [3.8, 4) is 0 Å². The quantitative estimate of drug-likeness (QED) is 0.861. The zero-order valence-corrected chi connectivity index (χ0v) is 12.8. The average molecular weight is 299 g/mol. The predicted molar refractivity (Wildman–Crippen MR) is 86.2 cm³/mol. The summed E-state index contributed by atoms with van der Waals surface area (Å²) in [6.45, 7) is 2.08. The molecule has 1 aromatic carbocycles. The van der Waals surface area contributed by atoms with Crippen LogP contribution in [0.1, 0.15) is 12.0 Å². The Balaban J connectivity index is 1.64. The van der Waals surface area contributed by atoms with Gasteiger partial charge in [-0.05, 0) is 18.4 Å². The van der Waals surface area contributed by atoms with Gasteiger partial charge in [-0.15, -0.1) is 0 Å². The maximum absolute atomic E-state index is 12.2. The van der Waals surface area contributed by atoms with E-state index in [1.165, 1.54) is 5.56 Å². The molecule has 1 atom stereocenters. The Bertz CT molecular complexity index is 669. The zero-order chi connectivity index (χ0) is 15.4. The lowest BCUT2D eigenvalue weighted by Crippen LogP contribution is -2.45. The first-order valence-corrected chi connectivity index (χ1v) is 7.66. The van der Waals surface area contributed by atoms with E-state index in [4.69, 9.17) is 4.74 Å². The minimum absolute atomic E-state index is 0.0498. The molecular weight excluding hydrogens is 278 g/mol. The number of rotatable bonds is 4. The SMILES string of the molecule is Cn1ccnc(N2CCO[C@@H](CCc3ccccc3)C2)c1=O. The van der Waals surface area contributed by atoms with E-state index in [9.17, 15) is 4.79 Å². The van der Waals surface area contributed by atoms with Crippen molar-refractivity contribution < 1.29 is 4.74 Å². The number of morpholine rings is 1. The molecule has 1 aliphatic rings. The van der Waals surface area contributed by atoms with Crippen LogP contribution in [-0.4, -0.2) is 35.4 Å². The minimum atomic E-state index is -0.0498. The van der Waals surface area contributed by atoms with Gasteiger partial charge in [-0.3, -0.25) is 4.79 Å². The highest BCUT2D eigenvalue weighted by Gasteiger charge is 2.23. The molecule has 22 heavy (non-hydrogen) atoms. The standard InChI is InChI=1S/C17H21N3O2/c1-19-10-9-18-16(17(19)21)20-11-12-22-15(13-20)8-7-14-5-3-2-4-6-14/h2-6,9-10,15H,7-8,11-13H2,1H3/t15-/m0/s1. The van der Waals surface area contributed by atoms with Crippen molar-refractivity contribution in [3.05, 3.63) is 58.6 Å². The van der Waals surface area contributed by atoms with Crippen LogP contribution < -0.4 is 10.5 Å². The Morgan fingerprint density at radius 3 is 2.95 bits per heavy atom. The molecule has 0 N–H and O–H groups in total. The molecule has 1 saturated heterocycles. The molecule has 5 heteroatoms. The topological polar surface area (TPSA) is 47.4 Å². The highest BCUT2D eigenvalue weighted by Crippen LogP contribution is 2.15. The maximum atomic E-state index is 12.2. The lowest BCUT2D eigenvalue weighted by atomic mass is 10.1. The van der Waals surface area contributed by atoms with E-state index in [0.717, 1.165) is 19.4 Å². The highest BCUT2D eigenvalue weighted by atomic mass is 16.5. The fraction of sp³-hybridized carbons (Fsp3) is 0.412. The summed E-state index contributed by atoms with van der Waals surface area (Å²) in [5.41, 5.74) is 1.27. The molecule has 0 spiro atoms. The molecule has 5 nitrogen and oxygen atoms in total. The second-order valence-corrected chi connectivity index (χ2v) is 5.63. The summed E-state index contributed by atoms with van der Waals surface area (Å²) in [6.07, 6.45) is 5.43. The van der Waals surface area contributed by atoms with Crippen LogP contribution in [0.25, 0.3) is 0 Å². The van der Waals surface area contributed by atoms with Gasteiger partial charge in [0.25, 0.3) is 5.56 Å². The first-order chi connectivity index (χ1) is 10.7. The zero-order valence-electron chi connectivity index (χ0n) is 12.8. The van der Waals surface area contributed by atoms with Crippen LogP contribution in [0.4, 0.5) is 5.82 Å². The van der Waals surface area contributed by atoms with Crippen molar-refractivity contribution in [1.82, 2.24) is 9.55 Å². The van der Waals surface area contributed by atoms with Crippen molar-refractivity contribution in [2.24, 2.45) is 7.05 Å². The van der Waals surface area contributed by atoms with Crippen LogP contribution in [0.15, 0.2) is 47.5 Å². The fourth-order valence-corrected chi connectivity index (χ4v) is 2.76. The monoisotopic (exact) mass is 299 g/mol. The summed E-state index contributed by atoms with van der Waals surface area (Å²) in [5, 5.41) is 0. The van der Waals surface area contributed by atoms with Gasteiger partial charge >= 0.3 is 0 Å². The van der Waals surface area contributed by atoms with Gasteiger partial charge in [0.2, 0.25) is 0 Å². The van der Waals surface area contributed by atoms with Crippen molar-refractivity contribution in [2.75, 3.05) is 24.6 Å². The van der Waals surface area contributed by atoms with Crippen molar-refractivity contribution in [3.63, 3.8) is 0 Å². The summed E-state index contributed by atoms with van der Waals surface area (Å²) in [4.78, 5) is 18.5. The van der Waals surface area contributed by atoms with Crippen LogP contribution in [0, 0.1) is 0 Å². The number of ether oxygens (including phenoxy) is 1. The summed E-state index contributed by atoms with van der Waals surface area (Å²) < 4.78 is 7.41. The summed E-state index contributed by atoms with van der Waals surface area (Å²) in [6, 6.07) is 10.4. The Hall–Kier alpha value is -2.14. The minimum Gasteiger partial charge on any atom is -0.375 e. The van der Waals surface area contributed by atoms with Gasteiger partial charge in [0.15, 0.2) is 5.82 Å². The molecule has 0 radical (unpaired) electrons. The summed E-state index contributed by atoms with van der Waals surface area (Å²) in [5.74, 6) is 0.526. The van der Waals surface area contributed by atoms with Crippen molar-refractivity contribution >= 4 is 5.82 Å². The second kappa shape index (κ2) is 6.75. The number of hydrogen-bond acceptors (Lipinski definition) is 4. The molecule has 0 aliphatic carbocycles. The Morgan fingerprint density at radius 1 is 1.32 bits per heavy atom. The number of nitrogens with zero attached hydrogens (tertiary/aromatic N) is 3. The maximum Gasteiger partial charge on any atom is 0.293 e. The molecule has 0 bridgehead atoms. The van der Waals surface area contributed by atoms with Gasteiger partial charge in [0, 0.05) is 32.5 Å². The van der Waals surface area contributed by atoms with Gasteiger partial charge in [-0.1, -0.05) is 30.3 Å². The molecule has 1 fully saturated rings. The molecular formula is C17H21N3O2. The number of benzene rings is 1. The van der Waals surface area contributed by atoms with Crippen molar-refractivity contribution in [1.29, 1.82) is 0 Å². The van der Waals surface area contributed by atoms with Crippen LogP contribution in [-0.2, 0) is 18.2 Å². The lowest BCUT2D eigenvalue weighted by Gasteiger charge is -2.33. The Kier molecular flexibility index (Phi) is 4.53. The number of aromatic nitrogens is 2. The van der Waals surface area contributed by atoms with Crippen LogP contribution in [0.5, 0.6) is 0 Å². The first-order valence-electron chi connectivity index (χ1n) is 7.66. The molecule has 3 rings (SSSR count). The lowest BCUT2D eigenvalue weighted by molar-refractivity contribution is 0.0351. The van der Waals surface area contributed by atoms with Crippen LogP contribution in [0.3, 0.4) is 0 Å². The third-order valence-electron chi connectivity index (χ3n) is 4.03. The van der Waals surface area contributed by atoms with Gasteiger partial charge in [0.05, 0.1) is 12.7 Å². The number of anilines is 1. The normalized spacial score (nSPS) is 18.4. The molecule has 0 unspecified atom stereocenters. The first kappa shape index (κ1) is 14.8. The van der Waals surface area contributed by atoms with E-state index in [0.29, 0.717) is 19.0 Å². The van der Waals surface area contributed by atoms with Gasteiger partial charge in [-0.25, -0.2) is 4.98 Å². The molecule has 0 saturated carbocycles. The highest BCUT2D eigenvalue weighted by molar-refractivity contribution is 5.36.